The molecule has 1 aromatic carbocycles. The Morgan fingerprint density at radius 3 is 2.77 bits per heavy atom. The lowest BCUT2D eigenvalue weighted by Gasteiger charge is -2.30. The summed E-state index contributed by atoms with van der Waals surface area (Å²) < 4.78 is 5.41. The fourth-order valence-electron chi connectivity index (χ4n) is 3.40. The molecule has 1 aliphatic carbocycles. The molecule has 1 saturated heterocycles. The van der Waals surface area contributed by atoms with Gasteiger partial charge in [0.25, 0.3) is 0 Å². The summed E-state index contributed by atoms with van der Waals surface area (Å²) in [6, 6.07) is 8.29. The van der Waals surface area contributed by atoms with E-state index in [1.54, 1.807) is 0 Å². The summed E-state index contributed by atoms with van der Waals surface area (Å²) in [4.78, 5) is 14.6. The van der Waals surface area contributed by atoms with E-state index in [2.05, 4.69) is 22.3 Å². The first kappa shape index (κ1) is 15.3. The molecule has 1 aliphatic heterocycles. The molecule has 5 nitrogen and oxygen atoms in total. The predicted octanol–water partition coefficient (Wildman–Crippen LogP) is 1.27. The van der Waals surface area contributed by atoms with Crippen LogP contribution in [0.5, 0.6) is 0 Å². The standard InChI is InChI=1S/C17H25N3O2/c18-15-6-3-5-14(15)17(21)19-12-13-4-1-2-7-16(13)20-8-10-22-11-9-20/h1-2,4,7,14-15H,3,5-6,8-12,18H2,(H,19,21)/t14-,15-/m1/s1. The quantitative estimate of drug-likeness (QED) is 0.879. The Balaban J connectivity index is 1.63. The van der Waals surface area contributed by atoms with Crippen LogP contribution < -0.4 is 16.0 Å². The highest BCUT2D eigenvalue weighted by molar-refractivity contribution is 5.79. The fraction of sp³-hybridized carbons (Fsp3) is 0.588. The van der Waals surface area contributed by atoms with Crippen molar-refractivity contribution in [3.63, 3.8) is 0 Å². The second-order valence-corrected chi connectivity index (χ2v) is 6.15. The second kappa shape index (κ2) is 7.11. The Hall–Kier alpha value is -1.59. The van der Waals surface area contributed by atoms with E-state index in [1.807, 2.05) is 12.1 Å². The first-order chi connectivity index (χ1) is 10.8. The zero-order chi connectivity index (χ0) is 15.4. The lowest BCUT2D eigenvalue weighted by atomic mass is 10.0. The third-order valence-corrected chi connectivity index (χ3v) is 4.70. The number of amides is 1. The minimum atomic E-state index is -0.0180. The molecule has 3 N–H and O–H groups in total. The Morgan fingerprint density at radius 1 is 1.27 bits per heavy atom. The molecule has 0 spiro atoms. The number of nitrogens with one attached hydrogen (secondary N) is 1. The van der Waals surface area contributed by atoms with Crippen LogP contribution in [-0.4, -0.2) is 38.3 Å². The van der Waals surface area contributed by atoms with Crippen LogP contribution in [0.2, 0.25) is 0 Å². The van der Waals surface area contributed by atoms with Gasteiger partial charge in [-0.1, -0.05) is 24.6 Å². The van der Waals surface area contributed by atoms with E-state index in [9.17, 15) is 4.79 Å². The molecule has 2 aliphatic rings. The number of ether oxygens (including phenoxy) is 1. The average molecular weight is 303 g/mol. The first-order valence-corrected chi connectivity index (χ1v) is 8.19. The van der Waals surface area contributed by atoms with E-state index in [1.165, 1.54) is 5.69 Å². The highest BCUT2D eigenvalue weighted by atomic mass is 16.5. The number of rotatable bonds is 4. The summed E-state index contributed by atoms with van der Waals surface area (Å²) >= 11 is 0. The third-order valence-electron chi connectivity index (χ3n) is 4.70. The summed E-state index contributed by atoms with van der Waals surface area (Å²) in [7, 11) is 0. The molecule has 0 bridgehead atoms. The molecular formula is C17H25N3O2. The third kappa shape index (κ3) is 3.42. The maximum Gasteiger partial charge on any atom is 0.224 e. The van der Waals surface area contributed by atoms with Crippen molar-refractivity contribution in [2.45, 2.75) is 31.8 Å². The molecule has 1 aromatic rings. The molecule has 5 heteroatoms. The van der Waals surface area contributed by atoms with Crippen LogP contribution in [0.3, 0.4) is 0 Å². The van der Waals surface area contributed by atoms with E-state index >= 15 is 0 Å². The maximum atomic E-state index is 12.3. The largest absolute Gasteiger partial charge is 0.378 e. The number of carbonyl (C=O) groups excluding carboxylic acids is 1. The van der Waals surface area contributed by atoms with Gasteiger partial charge in [-0.2, -0.15) is 0 Å². The van der Waals surface area contributed by atoms with Gasteiger partial charge in [0.1, 0.15) is 0 Å². The number of hydrogen-bond acceptors (Lipinski definition) is 4. The average Bonchev–Trinajstić information content (AvgIpc) is 3.00. The summed E-state index contributed by atoms with van der Waals surface area (Å²) in [5, 5.41) is 3.07. The first-order valence-electron chi connectivity index (χ1n) is 8.19. The summed E-state index contributed by atoms with van der Waals surface area (Å²) in [5.74, 6) is 0.0809. The van der Waals surface area contributed by atoms with Crippen molar-refractivity contribution >= 4 is 11.6 Å². The van der Waals surface area contributed by atoms with Crippen molar-refractivity contribution in [1.82, 2.24) is 5.32 Å². The molecule has 22 heavy (non-hydrogen) atoms. The van der Waals surface area contributed by atoms with Crippen LogP contribution in [-0.2, 0) is 16.1 Å². The van der Waals surface area contributed by atoms with Crippen LogP contribution in [0.15, 0.2) is 24.3 Å². The molecule has 2 fully saturated rings. The van der Waals surface area contributed by atoms with Gasteiger partial charge < -0.3 is 20.7 Å². The Bertz CT molecular complexity index is 514. The molecule has 0 unspecified atom stereocenters. The van der Waals surface area contributed by atoms with Crippen LogP contribution in [0.1, 0.15) is 24.8 Å². The van der Waals surface area contributed by atoms with Gasteiger partial charge in [0, 0.05) is 31.4 Å². The Kier molecular flexibility index (Phi) is 4.95. The van der Waals surface area contributed by atoms with Crippen LogP contribution >= 0.6 is 0 Å². The summed E-state index contributed by atoms with van der Waals surface area (Å²) in [5.41, 5.74) is 8.37. The topological polar surface area (TPSA) is 67.6 Å². The minimum Gasteiger partial charge on any atom is -0.378 e. The maximum absolute atomic E-state index is 12.3. The minimum absolute atomic E-state index is 0.0180. The molecule has 1 saturated carbocycles. The van der Waals surface area contributed by atoms with Crippen molar-refractivity contribution < 1.29 is 9.53 Å². The number of para-hydroxylation sites is 1. The van der Waals surface area contributed by atoms with Gasteiger partial charge >= 0.3 is 0 Å². The molecule has 0 aromatic heterocycles. The molecule has 1 heterocycles. The number of morpholine rings is 1. The number of nitrogens with two attached hydrogens (primary N) is 1. The van der Waals surface area contributed by atoms with Crippen LogP contribution in [0.25, 0.3) is 0 Å². The molecule has 120 valence electrons. The van der Waals surface area contributed by atoms with Crippen molar-refractivity contribution in [3.8, 4) is 0 Å². The number of nitrogens with zero attached hydrogens (tertiary/aromatic N) is 1. The van der Waals surface area contributed by atoms with E-state index < -0.39 is 0 Å². The lowest BCUT2D eigenvalue weighted by molar-refractivity contribution is -0.125. The van der Waals surface area contributed by atoms with Crippen molar-refractivity contribution in [3.05, 3.63) is 29.8 Å². The van der Waals surface area contributed by atoms with Crippen LogP contribution in [0, 0.1) is 5.92 Å². The van der Waals surface area contributed by atoms with E-state index in [0.29, 0.717) is 6.54 Å². The smallest absolute Gasteiger partial charge is 0.224 e. The van der Waals surface area contributed by atoms with Crippen molar-refractivity contribution in [2.75, 3.05) is 31.2 Å². The summed E-state index contributed by atoms with van der Waals surface area (Å²) in [6.07, 6.45) is 2.93. The zero-order valence-corrected chi connectivity index (χ0v) is 13.0. The normalized spacial score (nSPS) is 25.2. The monoisotopic (exact) mass is 303 g/mol. The Morgan fingerprint density at radius 2 is 2.05 bits per heavy atom. The van der Waals surface area contributed by atoms with Gasteiger partial charge in [-0.3, -0.25) is 4.79 Å². The molecule has 3 rings (SSSR count). The van der Waals surface area contributed by atoms with Crippen molar-refractivity contribution in [2.24, 2.45) is 11.7 Å². The van der Waals surface area contributed by atoms with E-state index in [0.717, 1.165) is 51.1 Å². The molecule has 2 atom stereocenters. The SMILES string of the molecule is N[C@@H]1CCC[C@H]1C(=O)NCc1ccccc1N1CCOCC1. The molecule has 1 amide bonds. The molecule has 0 radical (unpaired) electrons. The number of benzene rings is 1. The van der Waals surface area contributed by atoms with Gasteiger partial charge in [0.2, 0.25) is 5.91 Å². The predicted molar refractivity (Wildman–Crippen MR) is 86.6 cm³/mol. The highest BCUT2D eigenvalue weighted by Gasteiger charge is 2.30. The zero-order valence-electron chi connectivity index (χ0n) is 13.0. The molecular weight excluding hydrogens is 278 g/mol. The lowest BCUT2D eigenvalue weighted by Crippen LogP contribution is -2.39. The van der Waals surface area contributed by atoms with Gasteiger partial charge in [-0.25, -0.2) is 0 Å². The van der Waals surface area contributed by atoms with Crippen LogP contribution in [0.4, 0.5) is 5.69 Å². The second-order valence-electron chi connectivity index (χ2n) is 6.15. The number of hydrogen-bond donors (Lipinski definition) is 2. The Labute approximate surface area is 131 Å². The highest BCUT2D eigenvalue weighted by Crippen LogP contribution is 2.25. The fourth-order valence-corrected chi connectivity index (χ4v) is 3.40. The van der Waals surface area contributed by atoms with Gasteiger partial charge in [0.15, 0.2) is 0 Å². The van der Waals surface area contributed by atoms with Gasteiger partial charge in [0.05, 0.1) is 19.1 Å². The van der Waals surface area contributed by atoms with Gasteiger partial charge in [-0.05, 0) is 24.5 Å². The van der Waals surface area contributed by atoms with Crippen molar-refractivity contribution in [1.29, 1.82) is 0 Å². The summed E-state index contributed by atoms with van der Waals surface area (Å²) in [6.45, 7) is 3.89. The number of anilines is 1. The number of carbonyl (C=O) groups is 1. The van der Waals surface area contributed by atoms with Gasteiger partial charge in [-0.15, -0.1) is 0 Å². The van der Waals surface area contributed by atoms with E-state index in [-0.39, 0.29) is 17.9 Å². The van der Waals surface area contributed by atoms with E-state index in [4.69, 9.17) is 10.5 Å².